The molecule has 0 aromatic heterocycles. The minimum absolute atomic E-state index is 0.322. The molecule has 1 N–H and O–H groups in total. The van der Waals surface area contributed by atoms with Crippen LogP contribution in [0.2, 0.25) is 0 Å². The fourth-order valence-electron chi connectivity index (χ4n) is 3.38. The molecule has 1 aromatic carbocycles. The Morgan fingerprint density at radius 2 is 2.31 bits per heavy atom. The summed E-state index contributed by atoms with van der Waals surface area (Å²) in [6.07, 6.45) is 3.72. The summed E-state index contributed by atoms with van der Waals surface area (Å²) >= 11 is 0. The van der Waals surface area contributed by atoms with Crippen molar-refractivity contribution in [2.75, 3.05) is 13.7 Å². The lowest BCUT2D eigenvalue weighted by atomic mass is 9.68. The Morgan fingerprint density at radius 1 is 1.44 bits per heavy atom. The lowest BCUT2D eigenvalue weighted by Crippen LogP contribution is -2.41. The van der Waals surface area contributed by atoms with Crippen LogP contribution in [0.15, 0.2) is 18.2 Å². The summed E-state index contributed by atoms with van der Waals surface area (Å²) in [7, 11) is 1.75. The van der Waals surface area contributed by atoms with Crippen molar-refractivity contribution in [2.45, 2.75) is 37.6 Å². The molecule has 1 aliphatic heterocycles. The van der Waals surface area contributed by atoms with Gasteiger partial charge in [-0.3, -0.25) is 0 Å². The first-order valence-electron chi connectivity index (χ1n) is 6.15. The second kappa shape index (κ2) is 3.49. The SMILES string of the molecule is COc1ccc2c(c1)[C@@]1(C)CCN[C@H]1CC2. The molecule has 0 amide bonds. The van der Waals surface area contributed by atoms with E-state index in [1.807, 2.05) is 0 Å². The van der Waals surface area contributed by atoms with Gasteiger partial charge in [0.05, 0.1) is 7.11 Å². The highest BCUT2D eigenvalue weighted by Crippen LogP contribution is 2.43. The predicted molar refractivity (Wildman–Crippen MR) is 65.1 cm³/mol. The van der Waals surface area contributed by atoms with Gasteiger partial charge in [-0.1, -0.05) is 13.0 Å². The lowest BCUT2D eigenvalue weighted by molar-refractivity contribution is 0.353. The van der Waals surface area contributed by atoms with Gasteiger partial charge in [0, 0.05) is 11.5 Å². The first-order chi connectivity index (χ1) is 7.74. The third kappa shape index (κ3) is 1.29. The van der Waals surface area contributed by atoms with Gasteiger partial charge in [0.2, 0.25) is 0 Å². The van der Waals surface area contributed by atoms with Crippen molar-refractivity contribution in [3.05, 3.63) is 29.3 Å². The number of methoxy groups -OCH3 is 1. The number of benzene rings is 1. The Labute approximate surface area is 97.0 Å². The van der Waals surface area contributed by atoms with E-state index < -0.39 is 0 Å². The molecule has 0 saturated carbocycles. The van der Waals surface area contributed by atoms with Gasteiger partial charge in [-0.25, -0.2) is 0 Å². The van der Waals surface area contributed by atoms with Crippen molar-refractivity contribution in [1.82, 2.24) is 5.32 Å². The Balaban J connectivity index is 2.11. The molecule has 1 aromatic rings. The van der Waals surface area contributed by atoms with Crippen molar-refractivity contribution in [3.63, 3.8) is 0 Å². The van der Waals surface area contributed by atoms with Crippen LogP contribution in [0.3, 0.4) is 0 Å². The molecule has 1 heterocycles. The van der Waals surface area contributed by atoms with Crippen molar-refractivity contribution in [3.8, 4) is 5.75 Å². The summed E-state index contributed by atoms with van der Waals surface area (Å²) in [5.74, 6) is 0.993. The van der Waals surface area contributed by atoms with E-state index in [1.165, 1.54) is 30.4 Å². The van der Waals surface area contributed by atoms with Crippen LogP contribution >= 0.6 is 0 Å². The molecule has 86 valence electrons. The summed E-state index contributed by atoms with van der Waals surface area (Å²) < 4.78 is 5.35. The summed E-state index contributed by atoms with van der Waals surface area (Å²) in [6, 6.07) is 7.24. The molecule has 2 atom stereocenters. The van der Waals surface area contributed by atoms with Gasteiger partial charge in [-0.2, -0.15) is 0 Å². The highest BCUT2D eigenvalue weighted by atomic mass is 16.5. The molecule has 1 aliphatic carbocycles. The van der Waals surface area contributed by atoms with Gasteiger partial charge in [-0.05, 0) is 49.1 Å². The smallest absolute Gasteiger partial charge is 0.119 e. The second-order valence-corrected chi connectivity index (χ2v) is 5.24. The van der Waals surface area contributed by atoms with E-state index in [0.29, 0.717) is 11.5 Å². The third-order valence-corrected chi connectivity index (χ3v) is 4.44. The molecule has 0 spiro atoms. The Hall–Kier alpha value is -1.02. The number of hydrogen-bond donors (Lipinski definition) is 1. The molecule has 2 aliphatic rings. The standard InChI is InChI=1S/C14H19NO/c1-14-7-8-15-13(14)6-4-10-3-5-11(16-2)9-12(10)14/h3,5,9,13,15H,4,6-8H2,1-2H3/t13-,14+/m0/s1. The number of rotatable bonds is 1. The number of aryl methyl sites for hydroxylation is 1. The first-order valence-corrected chi connectivity index (χ1v) is 6.15. The van der Waals surface area contributed by atoms with Crippen LogP contribution in [0.25, 0.3) is 0 Å². The van der Waals surface area contributed by atoms with Crippen molar-refractivity contribution < 1.29 is 4.74 Å². The summed E-state index contributed by atoms with van der Waals surface area (Å²) in [6.45, 7) is 3.55. The molecule has 2 nitrogen and oxygen atoms in total. The molecule has 1 fully saturated rings. The zero-order valence-corrected chi connectivity index (χ0v) is 10.0. The van der Waals surface area contributed by atoms with Crippen molar-refractivity contribution in [1.29, 1.82) is 0 Å². The molecule has 1 saturated heterocycles. The van der Waals surface area contributed by atoms with E-state index in [2.05, 4.69) is 30.4 Å². The Morgan fingerprint density at radius 3 is 3.12 bits per heavy atom. The Kier molecular flexibility index (Phi) is 2.21. The zero-order chi connectivity index (χ0) is 11.2. The number of ether oxygens (including phenoxy) is 1. The van der Waals surface area contributed by atoms with Gasteiger partial charge in [0.15, 0.2) is 0 Å². The van der Waals surface area contributed by atoms with Gasteiger partial charge >= 0.3 is 0 Å². The summed E-state index contributed by atoms with van der Waals surface area (Å²) in [5.41, 5.74) is 3.35. The highest BCUT2D eigenvalue weighted by Gasteiger charge is 2.43. The van der Waals surface area contributed by atoms with Crippen LogP contribution in [-0.4, -0.2) is 19.7 Å². The maximum atomic E-state index is 5.35. The van der Waals surface area contributed by atoms with Gasteiger partial charge in [-0.15, -0.1) is 0 Å². The summed E-state index contributed by atoms with van der Waals surface area (Å²) in [5, 5.41) is 3.64. The van der Waals surface area contributed by atoms with E-state index in [-0.39, 0.29) is 0 Å². The minimum Gasteiger partial charge on any atom is -0.497 e. The van der Waals surface area contributed by atoms with Crippen LogP contribution in [0.4, 0.5) is 0 Å². The lowest BCUT2D eigenvalue weighted by Gasteiger charge is -2.38. The van der Waals surface area contributed by atoms with Crippen LogP contribution in [0.5, 0.6) is 5.75 Å². The molecule has 0 bridgehead atoms. The van der Waals surface area contributed by atoms with Crippen LogP contribution in [0, 0.1) is 0 Å². The van der Waals surface area contributed by atoms with Gasteiger partial charge in [0.25, 0.3) is 0 Å². The molecule has 0 unspecified atom stereocenters. The predicted octanol–water partition coefficient (Wildman–Crippen LogP) is 2.26. The first kappa shape index (κ1) is 10.2. The average molecular weight is 217 g/mol. The number of hydrogen-bond acceptors (Lipinski definition) is 2. The van der Waals surface area contributed by atoms with E-state index in [1.54, 1.807) is 7.11 Å². The molecular weight excluding hydrogens is 198 g/mol. The minimum atomic E-state index is 0.322. The van der Waals surface area contributed by atoms with Crippen LogP contribution < -0.4 is 10.1 Å². The van der Waals surface area contributed by atoms with E-state index in [9.17, 15) is 0 Å². The molecule has 2 heteroatoms. The summed E-state index contributed by atoms with van der Waals surface area (Å²) in [4.78, 5) is 0. The number of nitrogens with one attached hydrogen (secondary N) is 1. The quantitative estimate of drug-likeness (QED) is 0.779. The van der Waals surface area contributed by atoms with Crippen molar-refractivity contribution in [2.24, 2.45) is 0 Å². The largest absolute Gasteiger partial charge is 0.497 e. The fourth-order valence-corrected chi connectivity index (χ4v) is 3.38. The van der Waals surface area contributed by atoms with E-state index in [0.717, 1.165) is 12.3 Å². The Bertz CT molecular complexity index is 415. The monoisotopic (exact) mass is 217 g/mol. The van der Waals surface area contributed by atoms with Crippen molar-refractivity contribution >= 4 is 0 Å². The zero-order valence-electron chi connectivity index (χ0n) is 10.0. The van der Waals surface area contributed by atoms with Crippen LogP contribution in [-0.2, 0) is 11.8 Å². The fraction of sp³-hybridized carbons (Fsp3) is 0.571. The third-order valence-electron chi connectivity index (χ3n) is 4.44. The average Bonchev–Trinajstić information content (AvgIpc) is 2.70. The molecule has 3 rings (SSSR count). The second-order valence-electron chi connectivity index (χ2n) is 5.24. The van der Waals surface area contributed by atoms with E-state index in [4.69, 9.17) is 4.74 Å². The van der Waals surface area contributed by atoms with Gasteiger partial charge < -0.3 is 10.1 Å². The molecule has 16 heavy (non-hydrogen) atoms. The number of fused-ring (bicyclic) bond motifs is 3. The highest BCUT2D eigenvalue weighted by molar-refractivity contribution is 5.44. The normalized spacial score (nSPS) is 32.0. The molecular formula is C14H19NO. The van der Waals surface area contributed by atoms with Crippen LogP contribution in [0.1, 0.15) is 30.9 Å². The van der Waals surface area contributed by atoms with Gasteiger partial charge in [0.1, 0.15) is 5.75 Å². The topological polar surface area (TPSA) is 21.3 Å². The van der Waals surface area contributed by atoms with E-state index >= 15 is 0 Å². The maximum absolute atomic E-state index is 5.35. The maximum Gasteiger partial charge on any atom is 0.119 e. The molecule has 0 radical (unpaired) electrons.